The summed E-state index contributed by atoms with van der Waals surface area (Å²) in [6.45, 7) is 11.5. The van der Waals surface area contributed by atoms with E-state index in [1.165, 1.54) is 30.1 Å². The first-order valence-corrected chi connectivity index (χ1v) is 15.7. The van der Waals surface area contributed by atoms with Crippen molar-refractivity contribution in [2.24, 2.45) is 11.1 Å². The molecule has 0 bridgehead atoms. The molecule has 2 N–H and O–H groups in total. The maximum Gasteiger partial charge on any atom is 0.257 e. The summed E-state index contributed by atoms with van der Waals surface area (Å²) in [6.07, 6.45) is 8.99. The Labute approximate surface area is 270 Å². The van der Waals surface area contributed by atoms with Crippen molar-refractivity contribution in [1.29, 1.82) is 0 Å². The first-order valence-electron chi connectivity index (χ1n) is 15.7. The topological polar surface area (TPSA) is 110 Å². The number of pyridine rings is 1. The summed E-state index contributed by atoms with van der Waals surface area (Å²) in [5.41, 5.74) is 8.43. The highest BCUT2D eigenvalue weighted by Gasteiger charge is 2.54. The van der Waals surface area contributed by atoms with Gasteiger partial charge in [0.25, 0.3) is 5.91 Å². The van der Waals surface area contributed by atoms with E-state index >= 15 is 0 Å². The molecule has 3 aliphatic rings. The van der Waals surface area contributed by atoms with Crippen molar-refractivity contribution in [1.82, 2.24) is 24.8 Å². The fourth-order valence-corrected chi connectivity index (χ4v) is 6.82. The Balaban J connectivity index is 0.00000400. The number of amides is 1. The van der Waals surface area contributed by atoms with E-state index in [2.05, 4.69) is 24.8 Å². The smallest absolute Gasteiger partial charge is 0.257 e. The van der Waals surface area contributed by atoms with Crippen LogP contribution < -0.4 is 20.1 Å². The number of nitrogens with zero attached hydrogens (tertiary/aromatic N) is 6. The molecule has 1 saturated heterocycles. The van der Waals surface area contributed by atoms with Crippen LogP contribution in [0.25, 0.3) is 0 Å². The molecule has 1 spiro atoms. The van der Waals surface area contributed by atoms with Crippen molar-refractivity contribution in [2.75, 3.05) is 44.2 Å². The third-order valence-electron chi connectivity index (χ3n) is 9.07. The fourth-order valence-electron chi connectivity index (χ4n) is 6.82. The van der Waals surface area contributed by atoms with Gasteiger partial charge in [-0.1, -0.05) is 0 Å². The predicted molar refractivity (Wildman–Crippen MR) is 173 cm³/mol. The summed E-state index contributed by atoms with van der Waals surface area (Å²) in [4.78, 5) is 32.9. The van der Waals surface area contributed by atoms with Gasteiger partial charge in [-0.3, -0.25) is 14.7 Å². The van der Waals surface area contributed by atoms with Crippen LogP contribution >= 0.6 is 12.4 Å². The van der Waals surface area contributed by atoms with E-state index in [1.54, 1.807) is 11.1 Å². The molecule has 4 heterocycles. The second kappa shape index (κ2) is 13.8. The minimum absolute atomic E-state index is 0. The molecular weight excluding hydrogens is 597 g/mol. The molecule has 6 rings (SSSR count). The Morgan fingerprint density at radius 3 is 2.71 bits per heavy atom. The minimum atomic E-state index is -0.493. The van der Waals surface area contributed by atoms with Crippen LogP contribution in [0.2, 0.25) is 0 Å². The first kappa shape index (κ1) is 32.8. The van der Waals surface area contributed by atoms with Crippen LogP contribution in [0, 0.1) is 11.2 Å². The first-order chi connectivity index (χ1) is 21.3. The number of carbonyl (C=O) groups excluding carboxylic acids is 1. The van der Waals surface area contributed by atoms with E-state index < -0.39 is 5.82 Å². The molecule has 1 saturated carbocycles. The van der Waals surface area contributed by atoms with Gasteiger partial charge in [0.1, 0.15) is 29.7 Å². The van der Waals surface area contributed by atoms with Gasteiger partial charge in [-0.25, -0.2) is 14.4 Å². The zero-order valence-electron chi connectivity index (χ0n) is 26.2. The lowest BCUT2D eigenvalue weighted by Crippen LogP contribution is -2.65. The summed E-state index contributed by atoms with van der Waals surface area (Å²) < 4.78 is 27.0. The van der Waals surface area contributed by atoms with Gasteiger partial charge < -0.3 is 25.0 Å². The highest BCUT2D eigenvalue weighted by molar-refractivity contribution is 5.97. The summed E-state index contributed by atoms with van der Waals surface area (Å²) in [5, 5.41) is 0. The van der Waals surface area contributed by atoms with Crippen molar-refractivity contribution in [3.8, 4) is 17.2 Å². The molecule has 2 aromatic heterocycles. The van der Waals surface area contributed by atoms with Crippen LogP contribution in [-0.4, -0.2) is 82.1 Å². The molecule has 2 fully saturated rings. The molecule has 242 valence electrons. The van der Waals surface area contributed by atoms with Crippen molar-refractivity contribution in [2.45, 2.75) is 65.1 Å². The molecule has 45 heavy (non-hydrogen) atoms. The Bertz CT molecular complexity index is 1490. The highest BCUT2D eigenvalue weighted by Crippen LogP contribution is 2.52. The second-order valence-electron chi connectivity index (χ2n) is 12.5. The largest absolute Gasteiger partial charge is 0.490 e. The molecule has 12 heteroatoms. The molecule has 3 aromatic rings. The molecule has 1 amide bonds. The summed E-state index contributed by atoms with van der Waals surface area (Å²) >= 11 is 0. The van der Waals surface area contributed by atoms with E-state index in [0.29, 0.717) is 24.7 Å². The monoisotopic (exact) mass is 639 g/mol. The number of fused-ring (bicyclic) bond motifs is 1. The zero-order valence-corrected chi connectivity index (χ0v) is 27.1. The van der Waals surface area contributed by atoms with Crippen molar-refractivity contribution < 1.29 is 18.7 Å². The molecular formula is C33H43ClFN7O3. The molecule has 1 aromatic carbocycles. The lowest BCUT2D eigenvalue weighted by molar-refractivity contribution is -0.0352. The third kappa shape index (κ3) is 6.85. The molecule has 1 aliphatic carbocycles. The summed E-state index contributed by atoms with van der Waals surface area (Å²) in [7, 11) is 0. The quantitative estimate of drug-likeness (QED) is 0.315. The SMILES string of the molecule is CCN(C(=O)c1cc(F)ccc1Oc1cncnc1N1CC2(CC(Oc3ccnc4c3CN(CCCN)CC4)C2)C1)C(C)C.Cl. The van der Waals surface area contributed by atoms with Crippen molar-refractivity contribution in [3.05, 3.63) is 65.6 Å². The highest BCUT2D eigenvalue weighted by atomic mass is 35.5. The van der Waals surface area contributed by atoms with Gasteiger partial charge in [0, 0.05) is 68.1 Å². The maximum atomic E-state index is 14.3. The average Bonchev–Trinajstić information content (AvgIpc) is 2.98. The Kier molecular flexibility index (Phi) is 10.1. The van der Waals surface area contributed by atoms with E-state index in [1.807, 2.05) is 33.0 Å². The zero-order chi connectivity index (χ0) is 30.8. The summed E-state index contributed by atoms with van der Waals surface area (Å²) in [6, 6.07) is 5.99. The van der Waals surface area contributed by atoms with Gasteiger partial charge in [0.15, 0.2) is 11.6 Å². The van der Waals surface area contributed by atoms with Crippen LogP contribution in [-0.2, 0) is 13.0 Å². The third-order valence-corrected chi connectivity index (χ3v) is 9.07. The Morgan fingerprint density at radius 1 is 1.18 bits per heavy atom. The molecule has 0 unspecified atom stereocenters. The maximum absolute atomic E-state index is 14.3. The van der Waals surface area contributed by atoms with E-state index in [0.717, 1.165) is 69.9 Å². The van der Waals surface area contributed by atoms with Gasteiger partial charge in [0.05, 0.1) is 11.8 Å². The van der Waals surface area contributed by atoms with Crippen LogP contribution in [0.4, 0.5) is 10.2 Å². The lowest BCUT2D eigenvalue weighted by Gasteiger charge is -2.59. The van der Waals surface area contributed by atoms with Gasteiger partial charge in [-0.05, 0) is 77.4 Å². The van der Waals surface area contributed by atoms with Gasteiger partial charge in [0.2, 0.25) is 0 Å². The number of rotatable bonds is 11. The predicted octanol–water partition coefficient (Wildman–Crippen LogP) is 4.85. The van der Waals surface area contributed by atoms with Crippen molar-refractivity contribution >= 4 is 24.1 Å². The number of ether oxygens (including phenoxy) is 2. The van der Waals surface area contributed by atoms with Crippen LogP contribution in [0.3, 0.4) is 0 Å². The van der Waals surface area contributed by atoms with Gasteiger partial charge >= 0.3 is 0 Å². The second-order valence-corrected chi connectivity index (χ2v) is 12.5. The number of benzene rings is 1. The number of hydrogen-bond donors (Lipinski definition) is 1. The average molecular weight is 640 g/mol. The van der Waals surface area contributed by atoms with E-state index in [9.17, 15) is 9.18 Å². The normalized spacial score (nSPS) is 17.2. The summed E-state index contributed by atoms with van der Waals surface area (Å²) in [5.74, 6) is 1.56. The molecule has 10 nitrogen and oxygen atoms in total. The number of carbonyl (C=O) groups is 1. The number of hydrogen-bond acceptors (Lipinski definition) is 9. The number of aromatic nitrogens is 3. The van der Waals surface area contributed by atoms with E-state index in [-0.39, 0.29) is 47.2 Å². The van der Waals surface area contributed by atoms with Crippen LogP contribution in [0.1, 0.15) is 61.6 Å². The minimum Gasteiger partial charge on any atom is -0.490 e. The molecule has 0 atom stereocenters. The number of nitrogens with two attached hydrogens (primary N) is 1. The van der Waals surface area contributed by atoms with Crippen molar-refractivity contribution in [3.63, 3.8) is 0 Å². The standard InChI is InChI=1S/C33H42FN7O3.ClH/c1-4-41(22(2)3)32(42)25-14-23(34)6-7-28(25)44-30-17-36-21-38-31(30)40-19-33(20-40)15-24(16-33)43-29-8-11-37-27-9-13-39(12-5-10-35)18-26(27)29;/h6-8,11,14,17,21-22,24H,4-5,9-10,12-13,15-16,18-20,35H2,1-3H3;1H. The Hall–Kier alpha value is -3.54. The van der Waals surface area contributed by atoms with Crippen LogP contribution in [0.15, 0.2) is 43.0 Å². The molecule has 0 radical (unpaired) electrons. The van der Waals surface area contributed by atoms with Gasteiger partial charge in [-0.15, -0.1) is 12.4 Å². The number of halogens is 2. The molecule has 2 aliphatic heterocycles. The Morgan fingerprint density at radius 2 is 1.98 bits per heavy atom. The fraction of sp³-hybridized carbons (Fsp3) is 0.515. The number of anilines is 1. The van der Waals surface area contributed by atoms with E-state index in [4.69, 9.17) is 15.2 Å². The lowest BCUT2D eigenvalue weighted by atomic mass is 9.61. The van der Waals surface area contributed by atoms with Crippen LogP contribution in [0.5, 0.6) is 17.2 Å². The van der Waals surface area contributed by atoms with Gasteiger partial charge in [-0.2, -0.15) is 0 Å².